The maximum atomic E-state index is 13.0. The number of aliphatic imine (C=N–C) groups is 1. The predicted molar refractivity (Wildman–Crippen MR) is 129 cm³/mol. The number of anilines is 2. The van der Waals surface area contributed by atoms with Gasteiger partial charge in [0.05, 0.1) is 17.5 Å². The molecular weight excluding hydrogens is 430 g/mol. The molecule has 31 heavy (non-hydrogen) atoms. The van der Waals surface area contributed by atoms with Gasteiger partial charge in [0.2, 0.25) is 5.91 Å². The van der Waals surface area contributed by atoms with Crippen molar-refractivity contribution in [2.75, 3.05) is 28.3 Å². The lowest BCUT2D eigenvalue weighted by molar-refractivity contribution is -0.114. The van der Waals surface area contributed by atoms with E-state index in [-0.39, 0.29) is 35.2 Å². The van der Waals surface area contributed by atoms with Gasteiger partial charge < -0.3 is 10.2 Å². The summed E-state index contributed by atoms with van der Waals surface area (Å²) in [6.07, 6.45) is 0. The number of fused-ring (bicyclic) bond motifs is 1. The van der Waals surface area contributed by atoms with Gasteiger partial charge in [-0.15, -0.1) is 0 Å². The Morgan fingerprint density at radius 1 is 1.00 bits per heavy atom. The first-order chi connectivity index (χ1) is 14.6. The minimum Gasteiger partial charge on any atom is -0.325 e. The molecule has 0 aliphatic carbocycles. The van der Waals surface area contributed by atoms with E-state index in [9.17, 15) is 13.2 Å². The molecule has 2 atom stereocenters. The molecule has 8 heteroatoms. The van der Waals surface area contributed by atoms with Crippen molar-refractivity contribution in [1.29, 1.82) is 0 Å². The Kier molecular flexibility index (Phi) is 5.87. The molecule has 2 heterocycles. The molecule has 2 aliphatic rings. The summed E-state index contributed by atoms with van der Waals surface area (Å²) in [4.78, 5) is 19.6. The number of hydrogen-bond donors (Lipinski definition) is 1. The number of benzene rings is 2. The van der Waals surface area contributed by atoms with Gasteiger partial charge in [0.1, 0.15) is 6.54 Å². The number of nitrogens with zero attached hydrogens (tertiary/aromatic N) is 2. The van der Waals surface area contributed by atoms with Gasteiger partial charge in [-0.05, 0) is 74.2 Å². The highest BCUT2D eigenvalue weighted by molar-refractivity contribution is 8.15. The standard InChI is InChI=1S/C23H27N3O3S2/c1-14-5-15(2)8-18(7-14)24-22(27)11-26(19-9-16(3)6-17(4)10-19)23-25-20-12-31(28,29)13-21(20)30-23/h5-10,20-21H,11-13H2,1-4H3,(H,24,27)/t20-,21-/m0/s1. The summed E-state index contributed by atoms with van der Waals surface area (Å²) in [5, 5.41) is 3.64. The lowest BCUT2D eigenvalue weighted by Crippen LogP contribution is -2.36. The number of carbonyl (C=O) groups is 1. The average Bonchev–Trinajstić information content (AvgIpc) is 3.11. The van der Waals surface area contributed by atoms with E-state index in [1.807, 2.05) is 56.9 Å². The number of hydrogen-bond acceptors (Lipinski definition) is 6. The Hall–Kier alpha value is -2.32. The van der Waals surface area contributed by atoms with Crippen LogP contribution in [0.2, 0.25) is 0 Å². The third-order valence-electron chi connectivity index (χ3n) is 5.36. The van der Waals surface area contributed by atoms with Gasteiger partial charge in [-0.3, -0.25) is 9.79 Å². The van der Waals surface area contributed by atoms with Crippen molar-refractivity contribution in [3.63, 3.8) is 0 Å². The molecule has 0 aromatic heterocycles. The first-order valence-corrected chi connectivity index (χ1v) is 13.0. The molecule has 1 N–H and O–H groups in total. The number of thioether (sulfide) groups is 1. The normalized spacial score (nSPS) is 21.5. The predicted octanol–water partition coefficient (Wildman–Crippen LogP) is 3.63. The van der Waals surface area contributed by atoms with Crippen molar-refractivity contribution < 1.29 is 13.2 Å². The Labute approximate surface area is 188 Å². The number of sulfone groups is 1. The van der Waals surface area contributed by atoms with Crippen LogP contribution in [-0.4, -0.2) is 48.8 Å². The molecule has 0 saturated carbocycles. The SMILES string of the molecule is Cc1cc(C)cc(NC(=O)CN(C2=N[C@H]3CS(=O)(=O)C[C@@H]3S2)c2cc(C)cc(C)c2)c1. The summed E-state index contributed by atoms with van der Waals surface area (Å²) < 4.78 is 23.9. The van der Waals surface area contributed by atoms with Crippen molar-refractivity contribution >= 4 is 44.0 Å². The van der Waals surface area contributed by atoms with Gasteiger partial charge in [0.25, 0.3) is 0 Å². The Balaban J connectivity index is 1.61. The smallest absolute Gasteiger partial charge is 0.244 e. The highest BCUT2D eigenvalue weighted by atomic mass is 32.2. The Morgan fingerprint density at radius 2 is 1.58 bits per heavy atom. The molecule has 1 saturated heterocycles. The fourth-order valence-electron chi connectivity index (χ4n) is 4.24. The minimum absolute atomic E-state index is 0.0733. The van der Waals surface area contributed by atoms with E-state index in [1.54, 1.807) is 0 Å². The molecule has 1 fully saturated rings. The highest BCUT2D eigenvalue weighted by Crippen LogP contribution is 2.37. The monoisotopic (exact) mass is 457 g/mol. The molecule has 0 bridgehead atoms. The van der Waals surface area contributed by atoms with E-state index in [2.05, 4.69) is 17.4 Å². The van der Waals surface area contributed by atoms with Crippen molar-refractivity contribution in [3.05, 3.63) is 58.7 Å². The Morgan fingerprint density at radius 3 is 2.16 bits per heavy atom. The quantitative estimate of drug-likeness (QED) is 0.758. The van der Waals surface area contributed by atoms with Crippen LogP contribution in [-0.2, 0) is 14.6 Å². The van der Waals surface area contributed by atoms with Crippen LogP contribution in [0.5, 0.6) is 0 Å². The van der Waals surface area contributed by atoms with Crippen molar-refractivity contribution in [1.82, 2.24) is 0 Å². The number of carbonyl (C=O) groups excluding carboxylic acids is 1. The number of rotatable bonds is 4. The summed E-state index contributed by atoms with van der Waals surface area (Å²) in [5.74, 6) is 0.0890. The van der Waals surface area contributed by atoms with Gasteiger partial charge in [-0.2, -0.15) is 0 Å². The molecule has 0 spiro atoms. The summed E-state index contributed by atoms with van der Waals surface area (Å²) in [6.45, 7) is 8.15. The van der Waals surface area contributed by atoms with E-state index in [0.29, 0.717) is 5.17 Å². The van der Waals surface area contributed by atoms with Gasteiger partial charge in [0, 0.05) is 16.6 Å². The van der Waals surface area contributed by atoms with E-state index >= 15 is 0 Å². The van der Waals surface area contributed by atoms with Crippen LogP contribution >= 0.6 is 11.8 Å². The van der Waals surface area contributed by atoms with E-state index in [4.69, 9.17) is 4.99 Å². The van der Waals surface area contributed by atoms with Gasteiger partial charge in [-0.25, -0.2) is 8.42 Å². The van der Waals surface area contributed by atoms with Gasteiger partial charge in [0.15, 0.2) is 15.0 Å². The maximum Gasteiger partial charge on any atom is 0.244 e. The summed E-state index contributed by atoms with van der Waals surface area (Å²) in [6, 6.07) is 11.9. The maximum absolute atomic E-state index is 13.0. The number of nitrogens with one attached hydrogen (secondary N) is 1. The number of amidine groups is 1. The van der Waals surface area contributed by atoms with Crippen molar-refractivity contribution in [3.8, 4) is 0 Å². The lowest BCUT2D eigenvalue weighted by Gasteiger charge is -2.25. The molecule has 2 aliphatic heterocycles. The molecule has 2 aromatic carbocycles. The topological polar surface area (TPSA) is 78.8 Å². The minimum atomic E-state index is -3.03. The van der Waals surface area contributed by atoms with Crippen LogP contribution in [0.3, 0.4) is 0 Å². The molecule has 164 valence electrons. The van der Waals surface area contributed by atoms with Gasteiger partial charge in [-0.1, -0.05) is 23.9 Å². The molecule has 6 nitrogen and oxygen atoms in total. The summed E-state index contributed by atoms with van der Waals surface area (Å²) in [5.41, 5.74) is 6.04. The molecular formula is C23H27N3O3S2. The third kappa shape index (κ3) is 5.13. The fourth-order valence-corrected chi connectivity index (χ4v) is 8.02. The first-order valence-electron chi connectivity index (χ1n) is 10.3. The van der Waals surface area contributed by atoms with E-state index in [0.717, 1.165) is 33.6 Å². The molecule has 0 unspecified atom stereocenters. The number of aryl methyl sites for hydroxylation is 4. The Bertz CT molecular complexity index is 1130. The van der Waals surface area contributed by atoms with E-state index < -0.39 is 9.84 Å². The second-order valence-corrected chi connectivity index (χ2v) is 11.9. The van der Waals surface area contributed by atoms with Crippen LogP contribution in [0.1, 0.15) is 22.3 Å². The second-order valence-electron chi connectivity index (χ2n) is 8.57. The van der Waals surface area contributed by atoms with Crippen LogP contribution in [0, 0.1) is 27.7 Å². The van der Waals surface area contributed by atoms with Crippen LogP contribution in [0.4, 0.5) is 11.4 Å². The van der Waals surface area contributed by atoms with E-state index in [1.165, 1.54) is 11.8 Å². The highest BCUT2D eigenvalue weighted by Gasteiger charge is 2.44. The summed E-state index contributed by atoms with van der Waals surface area (Å²) >= 11 is 1.47. The molecule has 0 radical (unpaired) electrons. The second kappa shape index (κ2) is 8.31. The summed E-state index contributed by atoms with van der Waals surface area (Å²) in [7, 11) is -3.03. The molecule has 1 amide bonds. The zero-order valence-electron chi connectivity index (χ0n) is 18.2. The van der Waals surface area contributed by atoms with Crippen LogP contribution in [0.15, 0.2) is 41.4 Å². The molecule has 4 rings (SSSR count). The van der Waals surface area contributed by atoms with Crippen LogP contribution in [0.25, 0.3) is 0 Å². The van der Waals surface area contributed by atoms with Crippen LogP contribution < -0.4 is 10.2 Å². The van der Waals surface area contributed by atoms with Gasteiger partial charge >= 0.3 is 0 Å². The average molecular weight is 458 g/mol. The van der Waals surface area contributed by atoms with Crippen molar-refractivity contribution in [2.45, 2.75) is 39.0 Å². The molecule has 2 aromatic rings. The fraction of sp³-hybridized carbons (Fsp3) is 0.391. The largest absolute Gasteiger partial charge is 0.325 e. The lowest BCUT2D eigenvalue weighted by atomic mass is 10.1. The number of amides is 1. The third-order valence-corrected chi connectivity index (χ3v) is 8.61. The van der Waals surface area contributed by atoms with Crippen molar-refractivity contribution in [2.24, 2.45) is 4.99 Å². The zero-order chi connectivity index (χ0) is 22.3. The zero-order valence-corrected chi connectivity index (χ0v) is 19.8. The first kappa shape index (κ1) is 21.9.